The Hall–Kier alpha value is -1.58. The summed E-state index contributed by atoms with van der Waals surface area (Å²) in [7, 11) is 0. The number of carbonyl (C=O) groups is 1. The lowest BCUT2D eigenvalue weighted by Gasteiger charge is -2.41. The third-order valence-corrected chi connectivity index (χ3v) is 3.60. The molecule has 1 atom stereocenters. The van der Waals surface area contributed by atoms with E-state index in [1.54, 1.807) is 12.1 Å². The fourth-order valence-electron chi connectivity index (χ4n) is 2.50. The fourth-order valence-corrected chi connectivity index (χ4v) is 2.50. The van der Waals surface area contributed by atoms with Gasteiger partial charge in [0.05, 0.1) is 0 Å². The number of amides is 1. The summed E-state index contributed by atoms with van der Waals surface area (Å²) in [5.41, 5.74) is 1.02. The minimum atomic E-state index is -0.217. The predicted molar refractivity (Wildman–Crippen MR) is 74.6 cm³/mol. The molecule has 1 amide bonds. The molecule has 2 rings (SSSR count). The monoisotopic (exact) mass is 264 g/mol. The molecule has 1 heterocycles. The summed E-state index contributed by atoms with van der Waals surface area (Å²) in [6.45, 7) is 8.26. The number of carbonyl (C=O) groups excluding carboxylic acids is 1. The number of nitrogens with zero attached hydrogens (tertiary/aromatic N) is 2. The van der Waals surface area contributed by atoms with Gasteiger partial charge in [0.15, 0.2) is 0 Å². The van der Waals surface area contributed by atoms with Crippen LogP contribution in [0.3, 0.4) is 0 Å². The zero-order valence-corrected chi connectivity index (χ0v) is 11.8. The summed E-state index contributed by atoms with van der Waals surface area (Å²) >= 11 is 0. The minimum absolute atomic E-state index is 0.0415. The number of rotatable bonds is 2. The molecule has 0 bridgehead atoms. The van der Waals surface area contributed by atoms with E-state index in [9.17, 15) is 9.18 Å². The van der Waals surface area contributed by atoms with E-state index in [1.807, 2.05) is 18.7 Å². The Bertz CT molecular complexity index is 444. The van der Waals surface area contributed by atoms with Crippen molar-refractivity contribution < 1.29 is 9.18 Å². The van der Waals surface area contributed by atoms with Gasteiger partial charge in [0.2, 0.25) is 5.91 Å². The molecule has 0 unspecified atom stereocenters. The van der Waals surface area contributed by atoms with Gasteiger partial charge in [-0.2, -0.15) is 0 Å². The summed E-state index contributed by atoms with van der Waals surface area (Å²) < 4.78 is 12.9. The van der Waals surface area contributed by atoms with Crippen LogP contribution in [0.1, 0.15) is 20.8 Å². The topological polar surface area (TPSA) is 23.6 Å². The van der Waals surface area contributed by atoms with Crippen LogP contribution in [0.25, 0.3) is 0 Å². The molecule has 19 heavy (non-hydrogen) atoms. The first-order valence-corrected chi connectivity index (χ1v) is 6.80. The molecule has 1 aromatic rings. The highest BCUT2D eigenvalue weighted by Crippen LogP contribution is 2.20. The Kier molecular flexibility index (Phi) is 4.08. The number of benzene rings is 1. The van der Waals surface area contributed by atoms with Gasteiger partial charge in [0.1, 0.15) is 5.82 Å². The van der Waals surface area contributed by atoms with Crippen LogP contribution in [0.15, 0.2) is 24.3 Å². The van der Waals surface area contributed by atoms with Crippen molar-refractivity contribution in [1.82, 2.24) is 4.90 Å². The zero-order valence-electron chi connectivity index (χ0n) is 11.8. The fraction of sp³-hybridized carbons (Fsp3) is 0.533. The van der Waals surface area contributed by atoms with Gasteiger partial charge in [0.25, 0.3) is 0 Å². The molecule has 1 aliphatic rings. The zero-order chi connectivity index (χ0) is 14.0. The van der Waals surface area contributed by atoms with E-state index in [4.69, 9.17) is 0 Å². The predicted octanol–water partition coefficient (Wildman–Crippen LogP) is 2.52. The van der Waals surface area contributed by atoms with E-state index in [1.165, 1.54) is 12.1 Å². The summed E-state index contributed by atoms with van der Waals surface area (Å²) in [5.74, 6) is 0.0384. The Morgan fingerprint density at radius 2 is 1.89 bits per heavy atom. The Labute approximate surface area is 114 Å². The molecule has 3 nitrogen and oxygen atoms in total. The van der Waals surface area contributed by atoms with Gasteiger partial charge in [-0.25, -0.2) is 4.39 Å². The average molecular weight is 264 g/mol. The van der Waals surface area contributed by atoms with Crippen molar-refractivity contribution in [3.63, 3.8) is 0 Å². The average Bonchev–Trinajstić information content (AvgIpc) is 2.38. The van der Waals surface area contributed by atoms with E-state index >= 15 is 0 Å². The summed E-state index contributed by atoms with van der Waals surface area (Å²) in [4.78, 5) is 16.2. The molecule has 1 aliphatic heterocycles. The van der Waals surface area contributed by atoms with Gasteiger partial charge in [-0.1, -0.05) is 13.8 Å². The van der Waals surface area contributed by atoms with Crippen LogP contribution in [0.4, 0.5) is 10.1 Å². The van der Waals surface area contributed by atoms with Crippen LogP contribution in [0, 0.1) is 11.7 Å². The maximum absolute atomic E-state index is 12.9. The first-order chi connectivity index (χ1) is 8.99. The van der Waals surface area contributed by atoms with E-state index in [0.717, 1.165) is 25.3 Å². The second-order valence-electron chi connectivity index (χ2n) is 5.46. The van der Waals surface area contributed by atoms with Gasteiger partial charge >= 0.3 is 0 Å². The highest BCUT2D eigenvalue weighted by atomic mass is 19.1. The largest absolute Gasteiger partial charge is 0.368 e. The quantitative estimate of drug-likeness (QED) is 0.819. The van der Waals surface area contributed by atoms with Crippen molar-refractivity contribution in [2.24, 2.45) is 5.92 Å². The second-order valence-corrected chi connectivity index (χ2v) is 5.46. The van der Waals surface area contributed by atoms with E-state index in [0.29, 0.717) is 0 Å². The van der Waals surface area contributed by atoms with Crippen LogP contribution < -0.4 is 4.90 Å². The molecule has 0 radical (unpaired) electrons. The number of hydrogen-bond acceptors (Lipinski definition) is 2. The van der Waals surface area contributed by atoms with Crippen molar-refractivity contribution in [3.8, 4) is 0 Å². The van der Waals surface area contributed by atoms with Crippen LogP contribution >= 0.6 is 0 Å². The van der Waals surface area contributed by atoms with Gasteiger partial charge in [0, 0.05) is 37.3 Å². The first kappa shape index (κ1) is 13.8. The molecule has 104 valence electrons. The molecule has 1 saturated heterocycles. The number of hydrogen-bond donors (Lipinski definition) is 0. The van der Waals surface area contributed by atoms with E-state index in [-0.39, 0.29) is 23.7 Å². The van der Waals surface area contributed by atoms with Gasteiger partial charge in [-0.05, 0) is 31.2 Å². The van der Waals surface area contributed by atoms with Crippen molar-refractivity contribution in [1.29, 1.82) is 0 Å². The van der Waals surface area contributed by atoms with Crippen LogP contribution in [0.5, 0.6) is 0 Å². The highest BCUT2D eigenvalue weighted by Gasteiger charge is 2.28. The number of piperazine rings is 1. The Morgan fingerprint density at radius 3 is 2.42 bits per heavy atom. The smallest absolute Gasteiger partial charge is 0.225 e. The normalized spacial score (nSPS) is 19.9. The summed E-state index contributed by atoms with van der Waals surface area (Å²) in [6, 6.07) is 6.73. The number of anilines is 1. The molecule has 0 aromatic heterocycles. The molecule has 0 aliphatic carbocycles. The summed E-state index contributed by atoms with van der Waals surface area (Å²) in [5, 5.41) is 0. The van der Waals surface area contributed by atoms with Crippen LogP contribution in [0.2, 0.25) is 0 Å². The molecule has 1 aromatic carbocycles. The maximum atomic E-state index is 12.9. The van der Waals surface area contributed by atoms with E-state index < -0.39 is 0 Å². The Morgan fingerprint density at radius 1 is 1.26 bits per heavy atom. The maximum Gasteiger partial charge on any atom is 0.225 e. The standard InChI is InChI=1S/C15H21FN2O/c1-11(2)15(19)18-9-8-17(10-12(18)3)14-6-4-13(16)5-7-14/h4-7,11-12H,8-10H2,1-3H3/t12-/m1/s1. The van der Waals surface area contributed by atoms with Gasteiger partial charge in [-0.3, -0.25) is 4.79 Å². The first-order valence-electron chi connectivity index (χ1n) is 6.80. The third-order valence-electron chi connectivity index (χ3n) is 3.60. The summed E-state index contributed by atoms with van der Waals surface area (Å²) in [6.07, 6.45) is 0. The third kappa shape index (κ3) is 3.06. The molecule has 0 spiro atoms. The van der Waals surface area contributed by atoms with Crippen molar-refractivity contribution in [2.45, 2.75) is 26.8 Å². The molecule has 1 fully saturated rings. The molecular weight excluding hydrogens is 243 g/mol. The van der Waals surface area contributed by atoms with Crippen molar-refractivity contribution in [3.05, 3.63) is 30.1 Å². The molecule has 0 N–H and O–H groups in total. The van der Waals surface area contributed by atoms with Crippen molar-refractivity contribution >= 4 is 11.6 Å². The van der Waals surface area contributed by atoms with Gasteiger partial charge < -0.3 is 9.80 Å². The second kappa shape index (κ2) is 5.59. The minimum Gasteiger partial charge on any atom is -0.368 e. The molecule has 0 saturated carbocycles. The Balaban J connectivity index is 2.04. The van der Waals surface area contributed by atoms with Crippen LogP contribution in [-0.4, -0.2) is 36.5 Å². The lowest BCUT2D eigenvalue weighted by Crippen LogP contribution is -2.55. The van der Waals surface area contributed by atoms with Gasteiger partial charge in [-0.15, -0.1) is 0 Å². The molecule has 4 heteroatoms. The lowest BCUT2D eigenvalue weighted by molar-refractivity contribution is -0.136. The SMILES string of the molecule is CC(C)C(=O)N1CCN(c2ccc(F)cc2)C[C@H]1C. The van der Waals surface area contributed by atoms with Crippen molar-refractivity contribution in [2.75, 3.05) is 24.5 Å². The van der Waals surface area contributed by atoms with Crippen LogP contribution in [-0.2, 0) is 4.79 Å². The lowest BCUT2D eigenvalue weighted by atomic mass is 10.1. The van der Waals surface area contributed by atoms with E-state index in [2.05, 4.69) is 11.8 Å². The molecular formula is C15H21FN2O. The number of halogens is 1. The highest BCUT2D eigenvalue weighted by molar-refractivity contribution is 5.78.